The van der Waals surface area contributed by atoms with Crippen molar-refractivity contribution in [2.75, 3.05) is 25.6 Å². The van der Waals surface area contributed by atoms with Crippen molar-refractivity contribution in [3.63, 3.8) is 0 Å². The van der Waals surface area contributed by atoms with E-state index in [9.17, 15) is 4.79 Å². The van der Waals surface area contributed by atoms with Crippen LogP contribution in [0.1, 0.15) is 15.9 Å². The van der Waals surface area contributed by atoms with Gasteiger partial charge in [0.15, 0.2) is 0 Å². The van der Waals surface area contributed by atoms with Crippen LogP contribution in [0.4, 0.5) is 5.69 Å². The molecular formula is C17H18BrNO3. The van der Waals surface area contributed by atoms with E-state index in [-0.39, 0.29) is 5.91 Å². The van der Waals surface area contributed by atoms with Crippen molar-refractivity contribution in [2.45, 2.75) is 6.92 Å². The van der Waals surface area contributed by atoms with Gasteiger partial charge in [-0.25, -0.2) is 0 Å². The fourth-order valence-electron chi connectivity index (χ4n) is 1.84. The Labute approximate surface area is 138 Å². The minimum atomic E-state index is -0.158. The molecule has 2 aromatic carbocycles. The van der Waals surface area contributed by atoms with Gasteiger partial charge in [0.1, 0.15) is 12.4 Å². The van der Waals surface area contributed by atoms with Crippen molar-refractivity contribution in [1.29, 1.82) is 0 Å². The van der Waals surface area contributed by atoms with Gasteiger partial charge in [-0.15, -0.1) is 0 Å². The molecule has 0 aliphatic carbocycles. The summed E-state index contributed by atoms with van der Waals surface area (Å²) in [6.07, 6.45) is 0. The number of rotatable bonds is 6. The number of ether oxygens (including phenoxy) is 2. The maximum absolute atomic E-state index is 12.3. The molecule has 0 aromatic heterocycles. The molecule has 0 saturated heterocycles. The Morgan fingerprint density at radius 1 is 1.18 bits per heavy atom. The highest BCUT2D eigenvalue weighted by atomic mass is 79.9. The molecule has 4 nitrogen and oxygen atoms in total. The molecule has 1 N–H and O–H groups in total. The van der Waals surface area contributed by atoms with Crippen molar-refractivity contribution in [3.8, 4) is 5.75 Å². The maximum Gasteiger partial charge on any atom is 0.255 e. The predicted octanol–water partition coefficient (Wildman–Crippen LogP) is 4.04. The van der Waals surface area contributed by atoms with Crippen molar-refractivity contribution in [1.82, 2.24) is 0 Å². The van der Waals surface area contributed by atoms with Crippen LogP contribution in [0.25, 0.3) is 0 Å². The SMILES string of the molecule is COCCOc1cccc(NC(=O)c2ccc(C)c(Br)c2)c1. The molecule has 0 aliphatic heterocycles. The van der Waals surface area contributed by atoms with Gasteiger partial charge in [0, 0.05) is 28.9 Å². The zero-order valence-electron chi connectivity index (χ0n) is 12.6. The first-order valence-corrected chi connectivity index (χ1v) is 7.69. The summed E-state index contributed by atoms with van der Waals surface area (Å²) in [5, 5.41) is 2.86. The lowest BCUT2D eigenvalue weighted by Gasteiger charge is -2.09. The van der Waals surface area contributed by atoms with Crippen LogP contribution in [0.15, 0.2) is 46.9 Å². The number of halogens is 1. The lowest BCUT2D eigenvalue weighted by molar-refractivity contribution is 0.102. The molecule has 2 aromatic rings. The zero-order chi connectivity index (χ0) is 15.9. The molecule has 22 heavy (non-hydrogen) atoms. The largest absolute Gasteiger partial charge is 0.491 e. The average molecular weight is 364 g/mol. The second-order valence-electron chi connectivity index (χ2n) is 4.79. The van der Waals surface area contributed by atoms with E-state index in [0.29, 0.717) is 30.2 Å². The fourth-order valence-corrected chi connectivity index (χ4v) is 2.22. The number of nitrogens with one attached hydrogen (secondary N) is 1. The number of methoxy groups -OCH3 is 1. The number of carbonyl (C=O) groups excluding carboxylic acids is 1. The number of hydrogen-bond acceptors (Lipinski definition) is 3. The van der Waals surface area contributed by atoms with Gasteiger partial charge in [0.05, 0.1) is 6.61 Å². The predicted molar refractivity (Wildman–Crippen MR) is 90.6 cm³/mol. The molecule has 0 bridgehead atoms. The number of anilines is 1. The molecule has 0 radical (unpaired) electrons. The minimum Gasteiger partial charge on any atom is -0.491 e. The monoisotopic (exact) mass is 363 g/mol. The van der Waals surface area contributed by atoms with Crippen molar-refractivity contribution in [3.05, 3.63) is 58.1 Å². The maximum atomic E-state index is 12.3. The lowest BCUT2D eigenvalue weighted by Crippen LogP contribution is -2.12. The topological polar surface area (TPSA) is 47.6 Å². The van der Waals surface area contributed by atoms with E-state index in [0.717, 1.165) is 10.0 Å². The Hall–Kier alpha value is -1.85. The summed E-state index contributed by atoms with van der Waals surface area (Å²) in [6.45, 7) is 2.97. The highest BCUT2D eigenvalue weighted by molar-refractivity contribution is 9.10. The van der Waals surface area contributed by atoms with Crippen molar-refractivity contribution < 1.29 is 14.3 Å². The number of carbonyl (C=O) groups is 1. The molecule has 0 aliphatic rings. The number of amides is 1. The third-order valence-electron chi connectivity index (χ3n) is 3.08. The number of benzene rings is 2. The van der Waals surface area contributed by atoms with Gasteiger partial charge >= 0.3 is 0 Å². The summed E-state index contributed by atoms with van der Waals surface area (Å²) in [5.41, 5.74) is 2.38. The Morgan fingerprint density at radius 3 is 2.73 bits per heavy atom. The summed E-state index contributed by atoms with van der Waals surface area (Å²) in [7, 11) is 1.62. The minimum absolute atomic E-state index is 0.158. The molecule has 2 rings (SSSR count). The molecular weight excluding hydrogens is 346 g/mol. The van der Waals surface area contributed by atoms with Crippen molar-refractivity contribution >= 4 is 27.5 Å². The Bertz CT molecular complexity index is 658. The van der Waals surface area contributed by atoms with Crippen LogP contribution in [0.2, 0.25) is 0 Å². The summed E-state index contributed by atoms with van der Waals surface area (Å²) in [6, 6.07) is 12.8. The smallest absolute Gasteiger partial charge is 0.255 e. The highest BCUT2D eigenvalue weighted by Gasteiger charge is 2.08. The van der Waals surface area contributed by atoms with Crippen LogP contribution in [0.5, 0.6) is 5.75 Å². The van der Waals surface area contributed by atoms with E-state index in [4.69, 9.17) is 9.47 Å². The molecule has 0 saturated carbocycles. The zero-order valence-corrected chi connectivity index (χ0v) is 14.1. The van der Waals surface area contributed by atoms with Crippen LogP contribution in [0, 0.1) is 6.92 Å². The second-order valence-corrected chi connectivity index (χ2v) is 5.64. The second kappa shape index (κ2) is 7.96. The van der Waals surface area contributed by atoms with Gasteiger partial charge in [-0.1, -0.05) is 28.1 Å². The number of aryl methyl sites for hydroxylation is 1. The van der Waals surface area contributed by atoms with Crippen LogP contribution in [-0.4, -0.2) is 26.2 Å². The number of hydrogen-bond donors (Lipinski definition) is 1. The summed E-state index contributed by atoms with van der Waals surface area (Å²) >= 11 is 3.43. The van der Waals surface area contributed by atoms with E-state index in [1.165, 1.54) is 0 Å². The van der Waals surface area contributed by atoms with E-state index < -0.39 is 0 Å². The Kier molecular flexibility index (Phi) is 5.98. The van der Waals surface area contributed by atoms with Gasteiger partial charge in [-0.2, -0.15) is 0 Å². The van der Waals surface area contributed by atoms with Crippen molar-refractivity contribution in [2.24, 2.45) is 0 Å². The quantitative estimate of drug-likeness (QED) is 0.788. The first-order chi connectivity index (χ1) is 10.6. The average Bonchev–Trinajstić information content (AvgIpc) is 2.50. The third-order valence-corrected chi connectivity index (χ3v) is 3.94. The Morgan fingerprint density at radius 2 is 2.00 bits per heavy atom. The molecule has 116 valence electrons. The molecule has 1 amide bonds. The van der Waals surface area contributed by atoms with E-state index in [1.54, 1.807) is 19.2 Å². The van der Waals surface area contributed by atoms with E-state index in [1.807, 2.05) is 37.3 Å². The lowest BCUT2D eigenvalue weighted by atomic mass is 10.1. The fraction of sp³-hybridized carbons (Fsp3) is 0.235. The molecule has 0 fully saturated rings. The molecule has 0 heterocycles. The van der Waals surface area contributed by atoms with Crippen LogP contribution < -0.4 is 10.1 Å². The summed E-state index contributed by atoms with van der Waals surface area (Å²) < 4.78 is 11.4. The normalized spacial score (nSPS) is 10.3. The van der Waals surface area contributed by atoms with Crippen LogP contribution in [0.3, 0.4) is 0 Å². The van der Waals surface area contributed by atoms with E-state index in [2.05, 4.69) is 21.2 Å². The van der Waals surface area contributed by atoms with Gasteiger partial charge < -0.3 is 14.8 Å². The van der Waals surface area contributed by atoms with Gasteiger partial charge in [0.25, 0.3) is 5.91 Å². The third kappa shape index (κ3) is 4.58. The molecule has 5 heteroatoms. The Balaban J connectivity index is 2.04. The first kappa shape index (κ1) is 16.5. The molecule has 0 atom stereocenters. The summed E-state index contributed by atoms with van der Waals surface area (Å²) in [4.78, 5) is 12.3. The molecule has 0 spiro atoms. The van der Waals surface area contributed by atoms with Crippen LogP contribution in [-0.2, 0) is 4.74 Å². The van der Waals surface area contributed by atoms with E-state index >= 15 is 0 Å². The standard InChI is InChI=1S/C17H18BrNO3/c1-12-6-7-13(10-16(12)18)17(20)19-14-4-3-5-15(11-14)22-9-8-21-2/h3-7,10-11H,8-9H2,1-2H3,(H,19,20). The first-order valence-electron chi connectivity index (χ1n) is 6.89. The van der Waals surface area contributed by atoms with Gasteiger partial charge in [-0.05, 0) is 36.8 Å². The molecule has 0 unspecified atom stereocenters. The van der Waals surface area contributed by atoms with Gasteiger partial charge in [0.2, 0.25) is 0 Å². The summed E-state index contributed by atoms with van der Waals surface area (Å²) in [5.74, 6) is 0.537. The van der Waals surface area contributed by atoms with Crippen LogP contribution >= 0.6 is 15.9 Å². The highest BCUT2D eigenvalue weighted by Crippen LogP contribution is 2.20. The van der Waals surface area contributed by atoms with Gasteiger partial charge in [-0.3, -0.25) is 4.79 Å².